The van der Waals surface area contributed by atoms with Gasteiger partial charge in [0, 0.05) is 21.9 Å². The lowest BCUT2D eigenvalue weighted by molar-refractivity contribution is 0.633. The fourth-order valence-electron chi connectivity index (χ4n) is 1.23. The molecule has 2 rings (SSSR count). The highest BCUT2D eigenvalue weighted by Gasteiger charge is 2.13. The average Bonchev–Trinajstić information content (AvgIpc) is 2.71. The van der Waals surface area contributed by atoms with E-state index in [0.29, 0.717) is 0 Å². The first-order chi connectivity index (χ1) is 7.44. The molecule has 0 aliphatic carbocycles. The quantitative estimate of drug-likeness (QED) is 0.854. The Kier molecular flexibility index (Phi) is 3.24. The van der Waals surface area contributed by atoms with Crippen molar-refractivity contribution in [1.82, 2.24) is 4.98 Å². The molecule has 0 fully saturated rings. The van der Waals surface area contributed by atoms with Gasteiger partial charge in [-0.2, -0.15) is 0 Å². The third kappa shape index (κ3) is 2.97. The monoisotopic (exact) mass is 272 g/mol. The molecule has 0 aromatic carbocycles. The number of halogens is 1. The highest BCUT2D eigenvalue weighted by Crippen LogP contribution is 2.31. The summed E-state index contributed by atoms with van der Waals surface area (Å²) in [5, 5.41) is 8.38. The van der Waals surface area contributed by atoms with E-state index in [1.165, 1.54) is 11.3 Å². The molecule has 2 aromatic rings. The summed E-state index contributed by atoms with van der Waals surface area (Å²) in [4.78, 5) is 4.53. The van der Waals surface area contributed by atoms with Gasteiger partial charge in [-0.3, -0.25) is 0 Å². The van der Waals surface area contributed by atoms with Gasteiger partial charge in [0.25, 0.3) is 0 Å². The van der Waals surface area contributed by atoms with E-state index < -0.39 is 0 Å². The minimum atomic E-state index is 0.0431. The molecule has 0 radical (unpaired) electrons. The summed E-state index contributed by atoms with van der Waals surface area (Å²) in [6.07, 6.45) is 0. The topological polar surface area (TPSA) is 24.9 Å². The molecule has 0 aliphatic heterocycles. The fraction of sp³-hybridized carbons (Fsp3) is 0.364. The van der Waals surface area contributed by atoms with Crippen LogP contribution in [0.2, 0.25) is 4.34 Å². The predicted molar refractivity (Wildman–Crippen MR) is 73.8 cm³/mol. The maximum absolute atomic E-state index is 5.90. The van der Waals surface area contributed by atoms with Crippen molar-refractivity contribution >= 4 is 39.4 Å². The third-order valence-corrected chi connectivity index (χ3v) is 3.70. The van der Waals surface area contributed by atoms with Crippen molar-refractivity contribution in [3.8, 4) is 11.3 Å². The van der Waals surface area contributed by atoms with E-state index in [1.807, 2.05) is 16.8 Å². The van der Waals surface area contributed by atoms with Crippen LogP contribution >= 0.6 is 34.3 Å². The van der Waals surface area contributed by atoms with Crippen LogP contribution in [0, 0.1) is 0 Å². The minimum Gasteiger partial charge on any atom is -0.357 e. The van der Waals surface area contributed by atoms with Crippen molar-refractivity contribution in [3.63, 3.8) is 0 Å². The van der Waals surface area contributed by atoms with E-state index in [-0.39, 0.29) is 5.54 Å². The summed E-state index contributed by atoms with van der Waals surface area (Å²) < 4.78 is 0.799. The molecule has 2 nitrogen and oxygen atoms in total. The minimum absolute atomic E-state index is 0.0431. The van der Waals surface area contributed by atoms with Crippen LogP contribution < -0.4 is 5.32 Å². The summed E-state index contributed by atoms with van der Waals surface area (Å²) in [6, 6.07) is 1.95. The van der Waals surface area contributed by atoms with Crippen molar-refractivity contribution < 1.29 is 0 Å². The largest absolute Gasteiger partial charge is 0.357 e. The molecule has 0 amide bonds. The summed E-state index contributed by atoms with van der Waals surface area (Å²) >= 11 is 9.05. The van der Waals surface area contributed by atoms with Gasteiger partial charge in [0.2, 0.25) is 0 Å². The van der Waals surface area contributed by atoms with Gasteiger partial charge in [-0.15, -0.1) is 22.7 Å². The van der Waals surface area contributed by atoms with Crippen molar-refractivity contribution in [2.75, 3.05) is 5.32 Å². The van der Waals surface area contributed by atoms with Crippen LogP contribution in [0.3, 0.4) is 0 Å². The first-order valence-electron chi connectivity index (χ1n) is 4.92. The highest BCUT2D eigenvalue weighted by atomic mass is 35.5. The number of nitrogens with one attached hydrogen (secondary N) is 1. The lowest BCUT2D eigenvalue weighted by atomic mass is 10.1. The summed E-state index contributed by atoms with van der Waals surface area (Å²) in [5.74, 6) is 0. The predicted octanol–water partition coefficient (Wildman–Crippen LogP) is 4.74. The van der Waals surface area contributed by atoms with Crippen LogP contribution in [0.1, 0.15) is 20.8 Å². The van der Waals surface area contributed by atoms with Crippen molar-refractivity contribution in [3.05, 3.63) is 21.2 Å². The van der Waals surface area contributed by atoms with Gasteiger partial charge in [-0.25, -0.2) is 4.98 Å². The zero-order valence-electron chi connectivity index (χ0n) is 9.37. The van der Waals surface area contributed by atoms with E-state index in [4.69, 9.17) is 11.6 Å². The summed E-state index contributed by atoms with van der Waals surface area (Å²) in [7, 11) is 0. The number of nitrogens with zero attached hydrogens (tertiary/aromatic N) is 1. The van der Waals surface area contributed by atoms with Crippen molar-refractivity contribution in [1.29, 1.82) is 0 Å². The molecule has 0 saturated heterocycles. The zero-order chi connectivity index (χ0) is 11.8. The molecule has 1 N–H and O–H groups in total. The van der Waals surface area contributed by atoms with Crippen LogP contribution in [0.5, 0.6) is 0 Å². The van der Waals surface area contributed by atoms with E-state index >= 15 is 0 Å². The van der Waals surface area contributed by atoms with Gasteiger partial charge in [0.1, 0.15) is 0 Å². The van der Waals surface area contributed by atoms with E-state index in [9.17, 15) is 0 Å². The van der Waals surface area contributed by atoms with Gasteiger partial charge in [-0.05, 0) is 26.8 Å². The number of thiophene rings is 1. The van der Waals surface area contributed by atoms with E-state index in [2.05, 4.69) is 31.1 Å². The van der Waals surface area contributed by atoms with Gasteiger partial charge < -0.3 is 5.32 Å². The molecule has 0 atom stereocenters. The van der Waals surface area contributed by atoms with Crippen molar-refractivity contribution in [2.24, 2.45) is 0 Å². The number of aromatic nitrogens is 1. The van der Waals surface area contributed by atoms with Crippen molar-refractivity contribution in [2.45, 2.75) is 26.3 Å². The second-order valence-electron chi connectivity index (χ2n) is 4.55. The Morgan fingerprint density at radius 1 is 1.25 bits per heavy atom. The second-order valence-corrected chi connectivity index (χ2v) is 6.95. The molecule has 0 saturated carbocycles. The van der Waals surface area contributed by atoms with Crippen LogP contribution in [-0.2, 0) is 0 Å². The Labute approximate surface area is 108 Å². The van der Waals surface area contributed by atoms with E-state index in [0.717, 1.165) is 20.7 Å². The summed E-state index contributed by atoms with van der Waals surface area (Å²) in [5.41, 5.74) is 2.12. The highest BCUT2D eigenvalue weighted by molar-refractivity contribution is 7.15. The maximum Gasteiger partial charge on any atom is 0.183 e. The van der Waals surface area contributed by atoms with E-state index in [1.54, 1.807) is 11.3 Å². The number of hydrogen-bond donors (Lipinski definition) is 1. The molecule has 5 heteroatoms. The number of thiazole rings is 1. The fourth-order valence-corrected chi connectivity index (χ4v) is 3.03. The molecule has 2 aromatic heterocycles. The Morgan fingerprint density at radius 2 is 2.00 bits per heavy atom. The SMILES string of the molecule is CC(C)(C)Nc1nc(-c2csc(Cl)c2)cs1. The Bertz CT molecular complexity index is 482. The molecule has 2 heterocycles. The first kappa shape index (κ1) is 11.9. The lowest BCUT2D eigenvalue weighted by Crippen LogP contribution is -2.25. The van der Waals surface area contributed by atoms with Crippen LogP contribution in [0.4, 0.5) is 5.13 Å². The molecule has 0 unspecified atom stereocenters. The Balaban J connectivity index is 2.20. The molecule has 0 aliphatic rings. The Hall–Kier alpha value is -0.580. The molecule has 86 valence electrons. The molecule has 16 heavy (non-hydrogen) atoms. The van der Waals surface area contributed by atoms with Crippen LogP contribution in [0.15, 0.2) is 16.8 Å². The molecular formula is C11H13ClN2S2. The second kappa shape index (κ2) is 4.35. The van der Waals surface area contributed by atoms with Crippen LogP contribution in [-0.4, -0.2) is 10.5 Å². The standard InChI is InChI=1S/C11H13ClN2S2/c1-11(2,3)14-10-13-8(6-16-10)7-4-9(12)15-5-7/h4-6H,1-3H3,(H,13,14). The van der Waals surface area contributed by atoms with Gasteiger partial charge in [0.15, 0.2) is 5.13 Å². The van der Waals surface area contributed by atoms with Gasteiger partial charge >= 0.3 is 0 Å². The first-order valence-corrected chi connectivity index (χ1v) is 7.06. The maximum atomic E-state index is 5.90. The summed E-state index contributed by atoms with van der Waals surface area (Å²) in [6.45, 7) is 6.36. The average molecular weight is 273 g/mol. The van der Waals surface area contributed by atoms with Gasteiger partial charge in [0.05, 0.1) is 10.0 Å². The lowest BCUT2D eigenvalue weighted by Gasteiger charge is -2.19. The zero-order valence-corrected chi connectivity index (χ0v) is 11.8. The number of rotatable bonds is 2. The van der Waals surface area contributed by atoms with Crippen LogP contribution in [0.25, 0.3) is 11.3 Å². The molecular weight excluding hydrogens is 260 g/mol. The molecule has 0 bridgehead atoms. The smallest absolute Gasteiger partial charge is 0.183 e. The number of hydrogen-bond acceptors (Lipinski definition) is 4. The number of anilines is 1. The Morgan fingerprint density at radius 3 is 2.56 bits per heavy atom. The molecule has 0 spiro atoms. The van der Waals surface area contributed by atoms with Gasteiger partial charge in [-0.1, -0.05) is 11.6 Å². The normalized spacial score (nSPS) is 11.8. The third-order valence-electron chi connectivity index (χ3n) is 1.85.